The Hall–Kier alpha value is -3.68. The molecule has 14 saturated carbocycles. The van der Waals surface area contributed by atoms with Crippen LogP contribution in [0.4, 0.5) is 0 Å². The van der Waals surface area contributed by atoms with Crippen molar-refractivity contribution in [1.82, 2.24) is 0 Å². The maximum Gasteiger partial charge on any atom is 0.310 e. The predicted octanol–water partition coefficient (Wildman–Crippen LogP) is 17.7. The number of hydrogen-bond acceptors (Lipinski definition) is 8. The summed E-state index contributed by atoms with van der Waals surface area (Å²) in [7, 11) is 0. The highest BCUT2D eigenvalue weighted by Crippen LogP contribution is 2.71. The molecule has 0 aromatic heterocycles. The van der Waals surface area contributed by atoms with Crippen LogP contribution in [-0.4, -0.2) is 46.3 Å². The highest BCUT2D eigenvalue weighted by Gasteiger charge is 2.67. The van der Waals surface area contributed by atoms with Crippen LogP contribution >= 0.6 is 0 Å². The van der Waals surface area contributed by atoms with Crippen molar-refractivity contribution in [2.75, 3.05) is 0 Å². The lowest BCUT2D eigenvalue weighted by Crippen LogP contribution is -2.41. The standard InChI is InChI=1S/C21H30O2.C21H28O2.C20H28O2.C20H26O2/c2*1-2-21(8-4-3-5-9-21)23-20(22)17-12-15-11-16(17)19-14-7-6-13(10-14)18(15)19;2*1-2-20(7-3-4-8-20)22-19(21)16-11-14-10-15(16)18-13-6-5-12(9-13)17(14)18/h6-7,13-19H,2-5,8-12H2,1H3;4,6-8,13-19H,2-3,5,9-12H2,1H3;5-6,12-18H,2-4,7-11H2,1H3;3,5-7,12-18H,2,4,8-11H2,1H3. The van der Waals surface area contributed by atoms with Gasteiger partial charge >= 0.3 is 23.9 Å². The molecule has 30 unspecified atom stereocenters. The van der Waals surface area contributed by atoms with Gasteiger partial charge in [-0.15, -0.1) is 0 Å². The summed E-state index contributed by atoms with van der Waals surface area (Å²) in [5.41, 5.74) is -0.809. The summed E-state index contributed by atoms with van der Waals surface area (Å²) in [6.07, 6.45) is 63.3. The summed E-state index contributed by atoms with van der Waals surface area (Å²) < 4.78 is 24.6. The first-order chi connectivity index (χ1) is 43.8. The van der Waals surface area contributed by atoms with Gasteiger partial charge < -0.3 is 18.9 Å². The van der Waals surface area contributed by atoms with Gasteiger partial charge in [0.25, 0.3) is 0 Å². The first kappa shape index (κ1) is 60.0. The molecule has 16 bridgehead atoms. The van der Waals surface area contributed by atoms with E-state index in [0.29, 0.717) is 23.7 Å². The van der Waals surface area contributed by atoms with E-state index < -0.39 is 0 Å². The summed E-state index contributed by atoms with van der Waals surface area (Å²) in [6.45, 7) is 8.69. The van der Waals surface area contributed by atoms with Crippen LogP contribution in [0.25, 0.3) is 0 Å². The molecule has 8 nitrogen and oxygen atoms in total. The van der Waals surface area contributed by atoms with Crippen molar-refractivity contribution in [2.45, 2.75) is 243 Å². The molecule has 0 heterocycles. The Balaban J connectivity index is 0.0000000925. The first-order valence-corrected chi connectivity index (χ1v) is 38.8. The minimum absolute atomic E-state index is 0.104. The molecule has 20 rings (SSSR count). The molecule has 0 radical (unpaired) electrons. The van der Waals surface area contributed by atoms with Crippen LogP contribution < -0.4 is 0 Å². The van der Waals surface area contributed by atoms with Gasteiger partial charge in [0.1, 0.15) is 22.4 Å². The average molecular weight is 1230 g/mol. The summed E-state index contributed by atoms with van der Waals surface area (Å²) in [6, 6.07) is 0. The van der Waals surface area contributed by atoms with E-state index in [4.69, 9.17) is 18.9 Å². The third-order valence-electron chi connectivity index (χ3n) is 31.8. The van der Waals surface area contributed by atoms with Gasteiger partial charge in [-0.05, 0) is 340 Å². The highest BCUT2D eigenvalue weighted by atomic mass is 16.6. The second-order valence-corrected chi connectivity index (χ2v) is 35.0. The number of ether oxygens (including phenoxy) is 4. The van der Waals surface area contributed by atoms with Gasteiger partial charge in [-0.2, -0.15) is 0 Å². The van der Waals surface area contributed by atoms with Crippen LogP contribution in [-0.2, 0) is 38.1 Å². The van der Waals surface area contributed by atoms with Gasteiger partial charge in [0.2, 0.25) is 0 Å². The van der Waals surface area contributed by atoms with E-state index >= 15 is 0 Å². The van der Waals surface area contributed by atoms with Gasteiger partial charge in [0.05, 0.1) is 23.7 Å². The second kappa shape index (κ2) is 23.0. The number of allylic oxidation sites excluding steroid dienone is 10. The normalized spacial score (nSPS) is 51.0. The third-order valence-corrected chi connectivity index (χ3v) is 31.8. The summed E-state index contributed by atoms with van der Waals surface area (Å²) in [4.78, 5) is 51.8. The Morgan fingerprint density at radius 1 is 0.311 bits per heavy atom. The molecule has 20 aliphatic carbocycles. The molecular formula is C82H112O8. The quantitative estimate of drug-likeness (QED) is 0.0824. The topological polar surface area (TPSA) is 105 Å². The number of carbonyl (C=O) groups is 4. The zero-order valence-corrected chi connectivity index (χ0v) is 55.6. The molecule has 488 valence electrons. The van der Waals surface area contributed by atoms with E-state index in [1.807, 2.05) is 0 Å². The molecule has 0 aromatic carbocycles. The Bertz CT molecular complexity index is 2970. The van der Waals surface area contributed by atoms with Gasteiger partial charge in [0, 0.05) is 0 Å². The SMILES string of the molecule is CCC1(OC(=O)C2CC3CC2C2C4C=CC(C4)C32)C=CCC1.CCC1(OC(=O)C2CC3CC2C2C4C=CC(C4)C32)C=CCCC1.CCC1(OC(=O)C2CC3CC2C2C4C=CC(C4)C32)CCCC1.CCC1(OC(=O)C2CC3CC2C2C4C=CC(C4)C32)CCCCC1. The van der Waals surface area contributed by atoms with Crippen LogP contribution in [0.15, 0.2) is 72.9 Å². The Morgan fingerprint density at radius 2 is 0.611 bits per heavy atom. The van der Waals surface area contributed by atoms with Crippen molar-refractivity contribution >= 4 is 23.9 Å². The molecule has 0 amide bonds. The molecule has 0 saturated heterocycles. The lowest BCUT2D eigenvalue weighted by Gasteiger charge is -2.40. The number of hydrogen-bond donors (Lipinski definition) is 0. The minimum Gasteiger partial charge on any atom is -0.459 e. The third kappa shape index (κ3) is 9.65. The van der Waals surface area contributed by atoms with Crippen molar-refractivity contribution in [3.05, 3.63) is 72.9 Å². The molecule has 0 N–H and O–H groups in total. The van der Waals surface area contributed by atoms with Crippen LogP contribution in [0.1, 0.15) is 220 Å². The smallest absolute Gasteiger partial charge is 0.310 e. The van der Waals surface area contributed by atoms with Crippen LogP contribution in [0, 0.1) is 166 Å². The Kier molecular flexibility index (Phi) is 15.4. The molecule has 14 fully saturated rings. The fourth-order valence-corrected chi connectivity index (χ4v) is 28.1. The first-order valence-electron chi connectivity index (χ1n) is 38.8. The number of rotatable bonds is 12. The van der Waals surface area contributed by atoms with Crippen molar-refractivity contribution in [3.63, 3.8) is 0 Å². The van der Waals surface area contributed by atoms with E-state index in [1.54, 1.807) is 0 Å². The summed E-state index contributed by atoms with van der Waals surface area (Å²) in [5.74, 6) is 20.4. The lowest BCUT2D eigenvalue weighted by atomic mass is 9.69. The fourth-order valence-electron chi connectivity index (χ4n) is 28.1. The molecule has 90 heavy (non-hydrogen) atoms. The Morgan fingerprint density at radius 3 is 0.911 bits per heavy atom. The maximum absolute atomic E-state index is 13.0. The van der Waals surface area contributed by atoms with Crippen LogP contribution in [0.5, 0.6) is 0 Å². The molecular weight excluding hydrogens is 1110 g/mol. The zero-order valence-electron chi connectivity index (χ0n) is 55.6. The maximum atomic E-state index is 13.0. The summed E-state index contributed by atoms with van der Waals surface area (Å²) >= 11 is 0. The van der Waals surface area contributed by atoms with Gasteiger partial charge in [0.15, 0.2) is 0 Å². The van der Waals surface area contributed by atoms with Crippen LogP contribution in [0.3, 0.4) is 0 Å². The van der Waals surface area contributed by atoms with Crippen molar-refractivity contribution in [1.29, 1.82) is 0 Å². The molecule has 8 heteroatoms. The van der Waals surface area contributed by atoms with Gasteiger partial charge in [-0.1, -0.05) is 94.9 Å². The van der Waals surface area contributed by atoms with E-state index in [-0.39, 0.29) is 70.0 Å². The Labute approximate surface area is 540 Å². The van der Waals surface area contributed by atoms with Crippen LogP contribution in [0.2, 0.25) is 0 Å². The van der Waals surface area contributed by atoms with Gasteiger partial charge in [-0.25, -0.2) is 0 Å². The lowest BCUT2D eigenvalue weighted by molar-refractivity contribution is -0.172. The molecule has 20 aliphatic rings. The van der Waals surface area contributed by atoms with E-state index in [2.05, 4.69) is 101 Å². The van der Waals surface area contributed by atoms with Gasteiger partial charge in [-0.3, -0.25) is 19.2 Å². The fraction of sp³-hybridized carbons (Fsp3) is 0.805. The molecule has 0 spiro atoms. The number of carbonyl (C=O) groups excluding carboxylic acids is 4. The monoisotopic (exact) mass is 1220 g/mol. The second-order valence-electron chi connectivity index (χ2n) is 35.0. The van der Waals surface area contributed by atoms with E-state index in [0.717, 1.165) is 228 Å². The largest absolute Gasteiger partial charge is 0.459 e. The summed E-state index contributed by atoms with van der Waals surface area (Å²) in [5, 5.41) is 0. The van der Waals surface area contributed by atoms with Crippen molar-refractivity contribution < 1.29 is 38.1 Å². The van der Waals surface area contributed by atoms with Crippen molar-refractivity contribution in [2.24, 2.45) is 166 Å². The average Bonchev–Trinajstić information content (AvgIpc) is 1.58. The minimum atomic E-state index is -0.300. The van der Waals surface area contributed by atoms with Crippen molar-refractivity contribution in [3.8, 4) is 0 Å². The number of esters is 4. The predicted molar refractivity (Wildman–Crippen MR) is 349 cm³/mol. The van der Waals surface area contributed by atoms with E-state index in [1.165, 1.54) is 83.5 Å². The molecule has 0 aliphatic heterocycles. The molecule has 0 aromatic rings. The zero-order chi connectivity index (χ0) is 61.0. The van der Waals surface area contributed by atoms with E-state index in [9.17, 15) is 19.2 Å². The number of fused-ring (bicyclic) bond motifs is 36. The highest BCUT2D eigenvalue weighted by molar-refractivity contribution is 5.76. The molecule has 30 atom stereocenters.